The highest BCUT2D eigenvalue weighted by atomic mass is 16.2. The smallest absolute Gasteiger partial charge is 0.247 e. The predicted molar refractivity (Wildman–Crippen MR) is 77.3 cm³/mol. The molecule has 1 aromatic carbocycles. The summed E-state index contributed by atoms with van der Waals surface area (Å²) in [7, 11) is 1.79. The first kappa shape index (κ1) is 13.0. The first-order chi connectivity index (χ1) is 10.2. The summed E-state index contributed by atoms with van der Waals surface area (Å²) in [5.74, 6) is 0.460. The maximum absolute atomic E-state index is 11.9. The molecule has 0 aliphatic heterocycles. The van der Waals surface area contributed by atoms with E-state index in [1.54, 1.807) is 11.7 Å². The average Bonchev–Trinajstić information content (AvgIpc) is 3.11. The van der Waals surface area contributed by atoms with Crippen LogP contribution in [0.5, 0.6) is 0 Å². The van der Waals surface area contributed by atoms with Gasteiger partial charge in [-0.1, -0.05) is 30.3 Å². The van der Waals surface area contributed by atoms with Crippen molar-refractivity contribution in [1.29, 1.82) is 0 Å². The molecule has 7 nitrogen and oxygen atoms in total. The van der Waals surface area contributed by atoms with E-state index in [0.717, 1.165) is 11.3 Å². The molecule has 0 atom stereocenters. The Labute approximate surface area is 121 Å². The maximum atomic E-state index is 11.9. The molecule has 7 heteroatoms. The van der Waals surface area contributed by atoms with Gasteiger partial charge in [0.2, 0.25) is 5.91 Å². The van der Waals surface area contributed by atoms with Crippen molar-refractivity contribution in [1.82, 2.24) is 24.5 Å². The summed E-state index contributed by atoms with van der Waals surface area (Å²) >= 11 is 0. The number of benzene rings is 1. The number of hydrogen-bond acceptors (Lipinski definition) is 4. The van der Waals surface area contributed by atoms with E-state index < -0.39 is 0 Å². The minimum absolute atomic E-state index is 0.117. The Hall–Kier alpha value is -2.96. The highest BCUT2D eigenvalue weighted by Gasteiger charge is 2.10. The number of rotatable bonds is 4. The monoisotopic (exact) mass is 282 g/mol. The van der Waals surface area contributed by atoms with Crippen LogP contribution in [-0.4, -0.2) is 30.5 Å². The molecule has 0 aliphatic carbocycles. The lowest BCUT2D eigenvalue weighted by atomic mass is 10.2. The van der Waals surface area contributed by atoms with Crippen molar-refractivity contribution in [3.05, 3.63) is 49.1 Å². The summed E-state index contributed by atoms with van der Waals surface area (Å²) in [6, 6.07) is 11.6. The van der Waals surface area contributed by atoms with Gasteiger partial charge in [0.05, 0.1) is 5.69 Å². The highest BCUT2D eigenvalue weighted by Crippen LogP contribution is 2.20. The fourth-order valence-corrected chi connectivity index (χ4v) is 1.98. The van der Waals surface area contributed by atoms with Gasteiger partial charge < -0.3 is 5.32 Å². The number of hydrogen-bond donors (Lipinski definition) is 1. The van der Waals surface area contributed by atoms with Gasteiger partial charge in [0.15, 0.2) is 0 Å². The summed E-state index contributed by atoms with van der Waals surface area (Å²) in [6.45, 7) is 0.117. The summed E-state index contributed by atoms with van der Waals surface area (Å²) in [6.07, 6.45) is 2.89. The molecule has 0 aliphatic rings. The number of aryl methyl sites for hydroxylation is 1. The van der Waals surface area contributed by atoms with Gasteiger partial charge in [0, 0.05) is 18.7 Å². The van der Waals surface area contributed by atoms with Gasteiger partial charge in [0.25, 0.3) is 0 Å². The van der Waals surface area contributed by atoms with Gasteiger partial charge >= 0.3 is 0 Å². The van der Waals surface area contributed by atoms with E-state index in [1.165, 1.54) is 17.3 Å². The number of nitrogens with one attached hydrogen (secondary N) is 1. The molecule has 0 saturated heterocycles. The molecule has 0 bridgehead atoms. The molecule has 3 aromatic rings. The third-order valence-electron chi connectivity index (χ3n) is 2.99. The zero-order valence-corrected chi connectivity index (χ0v) is 11.5. The van der Waals surface area contributed by atoms with E-state index >= 15 is 0 Å². The number of anilines is 1. The summed E-state index contributed by atoms with van der Waals surface area (Å²) in [4.78, 5) is 15.7. The van der Waals surface area contributed by atoms with Crippen molar-refractivity contribution in [2.45, 2.75) is 6.54 Å². The largest absolute Gasteiger partial charge is 0.309 e. The van der Waals surface area contributed by atoms with Crippen LogP contribution in [0.25, 0.3) is 11.3 Å². The highest BCUT2D eigenvalue weighted by molar-refractivity contribution is 5.90. The quantitative estimate of drug-likeness (QED) is 0.782. The Morgan fingerprint density at radius 1 is 1.29 bits per heavy atom. The fourth-order valence-electron chi connectivity index (χ4n) is 1.98. The number of amides is 1. The second kappa shape index (κ2) is 5.58. The van der Waals surface area contributed by atoms with Crippen molar-refractivity contribution in [3.8, 4) is 11.3 Å². The van der Waals surface area contributed by atoms with E-state index in [-0.39, 0.29) is 12.5 Å². The van der Waals surface area contributed by atoms with Gasteiger partial charge in [0.1, 0.15) is 25.0 Å². The molecule has 0 radical (unpaired) electrons. The maximum Gasteiger partial charge on any atom is 0.247 e. The topological polar surface area (TPSA) is 77.6 Å². The van der Waals surface area contributed by atoms with Crippen LogP contribution in [0.15, 0.2) is 49.1 Å². The summed E-state index contributed by atoms with van der Waals surface area (Å²) in [5, 5.41) is 11.1. The van der Waals surface area contributed by atoms with Crippen LogP contribution in [0.2, 0.25) is 0 Å². The van der Waals surface area contributed by atoms with E-state index in [2.05, 4.69) is 20.5 Å². The van der Waals surface area contributed by atoms with E-state index in [1.807, 2.05) is 36.4 Å². The zero-order valence-electron chi connectivity index (χ0n) is 11.5. The van der Waals surface area contributed by atoms with Crippen molar-refractivity contribution < 1.29 is 4.79 Å². The lowest BCUT2D eigenvalue weighted by Gasteiger charge is -2.04. The molecule has 0 saturated carbocycles. The second-order valence-corrected chi connectivity index (χ2v) is 4.55. The van der Waals surface area contributed by atoms with Crippen molar-refractivity contribution >= 4 is 11.7 Å². The van der Waals surface area contributed by atoms with Gasteiger partial charge in [-0.25, -0.2) is 9.67 Å². The predicted octanol–water partition coefficient (Wildman–Crippen LogP) is 1.32. The molecule has 0 unspecified atom stereocenters. The van der Waals surface area contributed by atoms with Gasteiger partial charge in [-0.3, -0.25) is 9.48 Å². The van der Waals surface area contributed by atoms with Gasteiger partial charge in [-0.2, -0.15) is 10.2 Å². The summed E-state index contributed by atoms with van der Waals surface area (Å²) in [5.41, 5.74) is 1.82. The Balaban J connectivity index is 1.74. The minimum Gasteiger partial charge on any atom is -0.309 e. The Morgan fingerprint density at radius 3 is 2.81 bits per heavy atom. The molecule has 106 valence electrons. The molecule has 0 spiro atoms. The van der Waals surface area contributed by atoms with Crippen molar-refractivity contribution in [3.63, 3.8) is 0 Å². The minimum atomic E-state index is -0.178. The van der Waals surface area contributed by atoms with Crippen LogP contribution in [-0.2, 0) is 18.4 Å². The van der Waals surface area contributed by atoms with Crippen LogP contribution in [0, 0.1) is 0 Å². The number of carbonyl (C=O) groups is 1. The Morgan fingerprint density at radius 2 is 2.10 bits per heavy atom. The molecule has 1 amide bonds. The van der Waals surface area contributed by atoms with Crippen LogP contribution in [0.4, 0.5) is 5.82 Å². The van der Waals surface area contributed by atoms with E-state index in [0.29, 0.717) is 5.82 Å². The van der Waals surface area contributed by atoms with Crippen molar-refractivity contribution in [2.75, 3.05) is 5.32 Å². The Bertz CT molecular complexity index is 732. The van der Waals surface area contributed by atoms with Crippen LogP contribution < -0.4 is 5.32 Å². The summed E-state index contributed by atoms with van der Waals surface area (Å²) < 4.78 is 3.10. The molecule has 2 heterocycles. The standard InChI is InChI=1S/C14H14N6O/c1-19-13(17-14(21)8-20-10-15-9-16-20)7-12(18-19)11-5-3-2-4-6-11/h2-7,9-10H,8H2,1H3,(H,17,21). The second-order valence-electron chi connectivity index (χ2n) is 4.55. The molecule has 2 aromatic heterocycles. The molecule has 0 fully saturated rings. The van der Waals surface area contributed by atoms with E-state index in [4.69, 9.17) is 0 Å². The number of carbonyl (C=O) groups excluding carboxylic acids is 1. The Kier molecular flexibility index (Phi) is 3.46. The zero-order chi connectivity index (χ0) is 14.7. The average molecular weight is 282 g/mol. The van der Waals surface area contributed by atoms with Crippen LogP contribution in [0.1, 0.15) is 0 Å². The first-order valence-electron chi connectivity index (χ1n) is 6.44. The van der Waals surface area contributed by atoms with Crippen molar-refractivity contribution in [2.24, 2.45) is 7.05 Å². The molecule has 1 N–H and O–H groups in total. The lowest BCUT2D eigenvalue weighted by Crippen LogP contribution is -2.20. The third kappa shape index (κ3) is 2.97. The molecular weight excluding hydrogens is 268 g/mol. The van der Waals surface area contributed by atoms with Crippen LogP contribution >= 0.6 is 0 Å². The SMILES string of the molecule is Cn1nc(-c2ccccc2)cc1NC(=O)Cn1cncn1. The first-order valence-corrected chi connectivity index (χ1v) is 6.44. The molecule has 3 rings (SSSR count). The lowest BCUT2D eigenvalue weighted by molar-refractivity contribution is -0.117. The normalized spacial score (nSPS) is 10.5. The third-order valence-corrected chi connectivity index (χ3v) is 2.99. The number of nitrogens with zero attached hydrogens (tertiary/aromatic N) is 5. The molecular formula is C14H14N6O. The van der Waals surface area contributed by atoms with Gasteiger partial charge in [-0.05, 0) is 0 Å². The molecule has 21 heavy (non-hydrogen) atoms. The fraction of sp³-hybridized carbons (Fsp3) is 0.143. The van der Waals surface area contributed by atoms with Gasteiger partial charge in [-0.15, -0.1) is 0 Å². The van der Waals surface area contributed by atoms with E-state index in [9.17, 15) is 4.79 Å². The van der Waals surface area contributed by atoms with Crippen LogP contribution in [0.3, 0.4) is 0 Å². The number of aromatic nitrogens is 5.